The van der Waals surface area contributed by atoms with E-state index in [-0.39, 0.29) is 29.5 Å². The Morgan fingerprint density at radius 1 is 1.23 bits per heavy atom. The quantitative estimate of drug-likeness (QED) is 0.521. The zero-order chi connectivity index (χ0) is 16.4. The van der Waals surface area contributed by atoms with E-state index < -0.39 is 11.7 Å². The molecule has 22 heavy (non-hydrogen) atoms. The Kier molecular flexibility index (Phi) is 4.40. The van der Waals surface area contributed by atoms with Crippen molar-refractivity contribution in [2.75, 3.05) is 20.8 Å². The van der Waals surface area contributed by atoms with Crippen molar-refractivity contribution in [1.82, 2.24) is 4.90 Å². The fourth-order valence-electron chi connectivity index (χ4n) is 2.35. The molecule has 0 saturated carbocycles. The van der Waals surface area contributed by atoms with Gasteiger partial charge in [-0.15, -0.1) is 0 Å². The molecule has 0 aliphatic carbocycles. The van der Waals surface area contributed by atoms with Crippen molar-refractivity contribution in [2.24, 2.45) is 0 Å². The van der Waals surface area contributed by atoms with Crippen LogP contribution in [0.2, 0.25) is 0 Å². The molecule has 0 spiro atoms. The topological polar surface area (TPSA) is 76.1 Å². The van der Waals surface area contributed by atoms with Gasteiger partial charge in [0, 0.05) is 12.1 Å². The SMILES string of the molecule is COc1ccc(C(O)=C2C(=O)CN(C(C)C)C2=O)c(OC)c1. The van der Waals surface area contributed by atoms with Gasteiger partial charge >= 0.3 is 0 Å². The monoisotopic (exact) mass is 305 g/mol. The Morgan fingerprint density at radius 3 is 2.41 bits per heavy atom. The second kappa shape index (κ2) is 6.09. The van der Waals surface area contributed by atoms with Crippen LogP contribution in [0, 0.1) is 0 Å². The van der Waals surface area contributed by atoms with Crippen LogP contribution >= 0.6 is 0 Å². The highest BCUT2D eigenvalue weighted by Crippen LogP contribution is 2.32. The standard InChI is InChI=1S/C16H19NO5/c1-9(2)17-8-12(18)14(16(17)20)15(19)11-6-5-10(21-3)7-13(11)22-4/h5-7,9,19H,8H2,1-4H3. The number of rotatable bonds is 4. The molecule has 1 N–H and O–H groups in total. The van der Waals surface area contributed by atoms with E-state index in [4.69, 9.17) is 9.47 Å². The molecule has 0 unspecified atom stereocenters. The highest BCUT2D eigenvalue weighted by atomic mass is 16.5. The first-order chi connectivity index (χ1) is 10.4. The predicted molar refractivity (Wildman–Crippen MR) is 81.0 cm³/mol. The van der Waals surface area contributed by atoms with Crippen molar-refractivity contribution in [3.8, 4) is 11.5 Å². The minimum Gasteiger partial charge on any atom is -0.506 e. The van der Waals surface area contributed by atoms with Gasteiger partial charge in [0.1, 0.15) is 22.8 Å². The number of methoxy groups -OCH3 is 2. The molecule has 1 aromatic rings. The van der Waals surface area contributed by atoms with Crippen LogP contribution < -0.4 is 9.47 Å². The van der Waals surface area contributed by atoms with E-state index in [9.17, 15) is 14.7 Å². The van der Waals surface area contributed by atoms with E-state index in [0.717, 1.165) is 0 Å². The Bertz CT molecular complexity index is 648. The maximum Gasteiger partial charge on any atom is 0.262 e. The summed E-state index contributed by atoms with van der Waals surface area (Å²) in [6, 6.07) is 4.65. The van der Waals surface area contributed by atoms with Crippen LogP contribution in [0.1, 0.15) is 19.4 Å². The summed E-state index contributed by atoms with van der Waals surface area (Å²) in [6.45, 7) is 3.62. The molecule has 0 bridgehead atoms. The number of hydrogen-bond acceptors (Lipinski definition) is 5. The molecule has 0 atom stereocenters. The lowest BCUT2D eigenvalue weighted by Gasteiger charge is -2.18. The van der Waals surface area contributed by atoms with Gasteiger partial charge in [-0.05, 0) is 26.0 Å². The Labute approximate surface area is 128 Å². The average Bonchev–Trinajstić information content (AvgIpc) is 2.81. The maximum atomic E-state index is 12.3. The largest absolute Gasteiger partial charge is 0.506 e. The lowest BCUT2D eigenvalue weighted by molar-refractivity contribution is -0.126. The molecule has 2 rings (SSSR count). The molecule has 1 amide bonds. The van der Waals surface area contributed by atoms with Crippen molar-refractivity contribution < 1.29 is 24.2 Å². The van der Waals surface area contributed by atoms with Crippen molar-refractivity contribution in [1.29, 1.82) is 0 Å². The van der Waals surface area contributed by atoms with Crippen LogP contribution in [0.4, 0.5) is 0 Å². The number of aliphatic hydroxyl groups excluding tert-OH is 1. The number of likely N-dealkylation sites (tertiary alicyclic amines) is 1. The zero-order valence-corrected chi connectivity index (χ0v) is 13.0. The molecule has 1 heterocycles. The minimum atomic E-state index is -0.463. The summed E-state index contributed by atoms with van der Waals surface area (Å²) in [5.41, 5.74) is 0.0859. The molecule has 1 aromatic carbocycles. The number of carbonyl (C=O) groups excluding carboxylic acids is 2. The van der Waals surface area contributed by atoms with Gasteiger partial charge in [0.15, 0.2) is 5.78 Å². The van der Waals surface area contributed by atoms with Gasteiger partial charge in [0.25, 0.3) is 5.91 Å². The molecule has 1 saturated heterocycles. The molecule has 0 radical (unpaired) electrons. The van der Waals surface area contributed by atoms with Crippen LogP contribution in [0.5, 0.6) is 11.5 Å². The summed E-state index contributed by atoms with van der Waals surface area (Å²) in [4.78, 5) is 25.8. The van der Waals surface area contributed by atoms with Crippen molar-refractivity contribution in [3.05, 3.63) is 29.3 Å². The third-order valence-corrected chi connectivity index (χ3v) is 3.59. The molecule has 6 heteroatoms. The number of hydrogen-bond donors (Lipinski definition) is 1. The Morgan fingerprint density at radius 2 is 1.91 bits per heavy atom. The van der Waals surface area contributed by atoms with Crippen LogP contribution in [0.3, 0.4) is 0 Å². The molecular weight excluding hydrogens is 286 g/mol. The molecule has 1 aliphatic rings. The molecule has 1 aliphatic heterocycles. The first kappa shape index (κ1) is 15.9. The normalized spacial score (nSPS) is 17.2. The van der Waals surface area contributed by atoms with Gasteiger partial charge in [0.2, 0.25) is 0 Å². The minimum absolute atomic E-state index is 0.0195. The first-order valence-electron chi connectivity index (χ1n) is 6.90. The second-order valence-electron chi connectivity index (χ2n) is 5.24. The van der Waals surface area contributed by atoms with E-state index >= 15 is 0 Å². The van der Waals surface area contributed by atoms with E-state index in [1.165, 1.54) is 19.1 Å². The summed E-state index contributed by atoms with van der Waals surface area (Å²) in [5, 5.41) is 10.4. The Hall–Kier alpha value is -2.50. The van der Waals surface area contributed by atoms with Crippen LogP contribution in [-0.2, 0) is 9.59 Å². The highest BCUT2D eigenvalue weighted by molar-refractivity contribution is 6.28. The van der Waals surface area contributed by atoms with Gasteiger partial charge in [-0.3, -0.25) is 9.59 Å². The van der Waals surface area contributed by atoms with Gasteiger partial charge in [-0.25, -0.2) is 0 Å². The van der Waals surface area contributed by atoms with Gasteiger partial charge in [0.05, 0.1) is 26.3 Å². The fraction of sp³-hybridized carbons (Fsp3) is 0.375. The third kappa shape index (κ3) is 2.64. The number of carbonyl (C=O) groups is 2. The molecule has 1 fully saturated rings. The first-order valence-corrected chi connectivity index (χ1v) is 6.90. The molecular formula is C16H19NO5. The summed E-state index contributed by atoms with van der Waals surface area (Å²) in [6.07, 6.45) is 0. The van der Waals surface area contributed by atoms with Gasteiger partial charge in [-0.1, -0.05) is 0 Å². The predicted octanol–water partition coefficient (Wildman–Crippen LogP) is 1.79. The summed E-state index contributed by atoms with van der Waals surface area (Å²) in [7, 11) is 2.95. The highest BCUT2D eigenvalue weighted by Gasteiger charge is 2.38. The molecule has 6 nitrogen and oxygen atoms in total. The number of aliphatic hydroxyl groups is 1. The number of benzene rings is 1. The summed E-state index contributed by atoms with van der Waals surface area (Å²) in [5.74, 6) is -0.346. The van der Waals surface area contributed by atoms with E-state index in [0.29, 0.717) is 11.5 Å². The second-order valence-corrected chi connectivity index (χ2v) is 5.24. The van der Waals surface area contributed by atoms with E-state index in [2.05, 4.69) is 0 Å². The van der Waals surface area contributed by atoms with Crippen LogP contribution in [0.15, 0.2) is 23.8 Å². The maximum absolute atomic E-state index is 12.3. The number of amides is 1. The van der Waals surface area contributed by atoms with Gasteiger partial charge < -0.3 is 19.5 Å². The number of nitrogens with zero attached hydrogens (tertiary/aromatic N) is 1. The third-order valence-electron chi connectivity index (χ3n) is 3.59. The van der Waals surface area contributed by atoms with Crippen LogP contribution in [-0.4, -0.2) is 48.5 Å². The summed E-state index contributed by atoms with van der Waals surface area (Å²) < 4.78 is 10.3. The van der Waals surface area contributed by atoms with E-state index in [1.54, 1.807) is 18.2 Å². The van der Waals surface area contributed by atoms with E-state index in [1.807, 2.05) is 13.8 Å². The van der Waals surface area contributed by atoms with Crippen molar-refractivity contribution in [3.63, 3.8) is 0 Å². The fourth-order valence-corrected chi connectivity index (χ4v) is 2.35. The van der Waals surface area contributed by atoms with Crippen molar-refractivity contribution in [2.45, 2.75) is 19.9 Å². The average molecular weight is 305 g/mol. The number of ether oxygens (including phenoxy) is 2. The van der Waals surface area contributed by atoms with Crippen LogP contribution in [0.25, 0.3) is 5.76 Å². The lowest BCUT2D eigenvalue weighted by Crippen LogP contribution is -2.32. The van der Waals surface area contributed by atoms with Crippen molar-refractivity contribution >= 4 is 17.4 Å². The number of ketones is 1. The summed E-state index contributed by atoms with van der Waals surface area (Å²) >= 11 is 0. The van der Waals surface area contributed by atoms with Gasteiger partial charge in [-0.2, -0.15) is 0 Å². The lowest BCUT2D eigenvalue weighted by atomic mass is 10.1. The molecule has 118 valence electrons. The Balaban J connectivity index is 2.52. The zero-order valence-electron chi connectivity index (χ0n) is 13.0. The number of Topliss-reactive ketones (excluding diaryl/α,β-unsaturated/α-hetero) is 1. The smallest absolute Gasteiger partial charge is 0.262 e. The molecule has 0 aromatic heterocycles.